The summed E-state index contributed by atoms with van der Waals surface area (Å²) in [6.07, 6.45) is 6.52. The average Bonchev–Trinajstić information content (AvgIpc) is 2.33. The van der Waals surface area contributed by atoms with Crippen LogP contribution in [0.4, 0.5) is 0 Å². The molecule has 0 aliphatic heterocycles. The number of unbranched alkanes of at least 4 members (excludes halogenated alkanes) is 2. The van der Waals surface area contributed by atoms with E-state index >= 15 is 0 Å². The van der Waals surface area contributed by atoms with E-state index in [1.807, 2.05) is 0 Å². The normalized spacial score (nSPS) is 15.2. The molecular weight excluding hydrogens is 208 g/mol. The van der Waals surface area contributed by atoms with Gasteiger partial charge in [0, 0.05) is 12.6 Å². The molecule has 0 amide bonds. The smallest absolute Gasteiger partial charge is 0.0220 e. The maximum absolute atomic E-state index is 3.70. The van der Waals surface area contributed by atoms with Crippen molar-refractivity contribution < 1.29 is 0 Å². The molecule has 0 radical (unpaired) electrons. The Balaban J connectivity index is 3.94. The first-order valence-electron chi connectivity index (χ1n) is 7.57. The van der Waals surface area contributed by atoms with Crippen molar-refractivity contribution in [2.75, 3.05) is 26.7 Å². The van der Waals surface area contributed by atoms with Crippen LogP contribution in [0, 0.1) is 5.92 Å². The number of hydrogen-bond acceptors (Lipinski definition) is 2. The fourth-order valence-corrected chi connectivity index (χ4v) is 2.12. The first kappa shape index (κ1) is 16.9. The van der Waals surface area contributed by atoms with Crippen molar-refractivity contribution in [3.05, 3.63) is 0 Å². The zero-order valence-corrected chi connectivity index (χ0v) is 12.8. The number of nitrogens with one attached hydrogen (secondary N) is 1. The first-order chi connectivity index (χ1) is 8.15. The predicted molar refractivity (Wildman–Crippen MR) is 78.6 cm³/mol. The molecule has 0 bridgehead atoms. The molecule has 2 heteroatoms. The summed E-state index contributed by atoms with van der Waals surface area (Å²) in [5.74, 6) is 0.773. The van der Waals surface area contributed by atoms with Crippen molar-refractivity contribution in [1.29, 1.82) is 0 Å². The molecule has 0 spiro atoms. The summed E-state index contributed by atoms with van der Waals surface area (Å²) in [5, 5.41) is 3.70. The van der Waals surface area contributed by atoms with Gasteiger partial charge in [0.25, 0.3) is 0 Å². The molecule has 0 aliphatic carbocycles. The van der Waals surface area contributed by atoms with E-state index in [1.54, 1.807) is 0 Å². The molecule has 2 atom stereocenters. The van der Waals surface area contributed by atoms with Crippen molar-refractivity contribution in [2.45, 2.75) is 65.8 Å². The lowest BCUT2D eigenvalue weighted by molar-refractivity contribution is 0.241. The standard InChI is InChI=1S/C15H34N2/c1-6-9-10-12-17(5)13-15(14(4)8-3)16-11-7-2/h14-16H,6-13H2,1-5H3. The highest BCUT2D eigenvalue weighted by atomic mass is 15.1. The molecular formula is C15H34N2. The van der Waals surface area contributed by atoms with Gasteiger partial charge in [-0.15, -0.1) is 0 Å². The molecule has 0 heterocycles. The van der Waals surface area contributed by atoms with Crippen molar-refractivity contribution in [1.82, 2.24) is 10.2 Å². The maximum atomic E-state index is 3.70. The van der Waals surface area contributed by atoms with E-state index in [9.17, 15) is 0 Å². The van der Waals surface area contributed by atoms with Gasteiger partial charge in [0.2, 0.25) is 0 Å². The number of rotatable bonds is 11. The Morgan fingerprint density at radius 1 is 1.06 bits per heavy atom. The summed E-state index contributed by atoms with van der Waals surface area (Å²) in [6, 6.07) is 0.659. The van der Waals surface area contributed by atoms with Crippen LogP contribution in [0.2, 0.25) is 0 Å². The van der Waals surface area contributed by atoms with Crippen LogP contribution < -0.4 is 5.32 Å². The van der Waals surface area contributed by atoms with E-state index in [1.165, 1.54) is 45.2 Å². The van der Waals surface area contributed by atoms with E-state index in [0.717, 1.165) is 12.5 Å². The molecule has 0 rings (SSSR count). The quantitative estimate of drug-likeness (QED) is 0.558. The van der Waals surface area contributed by atoms with Crippen LogP contribution in [0.15, 0.2) is 0 Å². The van der Waals surface area contributed by atoms with Gasteiger partial charge in [0.15, 0.2) is 0 Å². The van der Waals surface area contributed by atoms with Gasteiger partial charge in [-0.3, -0.25) is 0 Å². The molecule has 17 heavy (non-hydrogen) atoms. The Bertz CT molecular complexity index is 159. The minimum Gasteiger partial charge on any atom is -0.312 e. The first-order valence-corrected chi connectivity index (χ1v) is 7.57. The van der Waals surface area contributed by atoms with Gasteiger partial charge < -0.3 is 10.2 Å². The summed E-state index contributed by atoms with van der Waals surface area (Å²) < 4.78 is 0. The molecule has 0 aliphatic rings. The third-order valence-corrected chi connectivity index (χ3v) is 3.64. The number of nitrogens with zero attached hydrogens (tertiary/aromatic N) is 1. The van der Waals surface area contributed by atoms with E-state index in [0.29, 0.717) is 6.04 Å². The third-order valence-electron chi connectivity index (χ3n) is 3.64. The Morgan fingerprint density at radius 2 is 1.76 bits per heavy atom. The van der Waals surface area contributed by atoms with Gasteiger partial charge in [0.1, 0.15) is 0 Å². The lowest BCUT2D eigenvalue weighted by Gasteiger charge is -2.29. The van der Waals surface area contributed by atoms with Crippen LogP contribution in [-0.2, 0) is 0 Å². The molecule has 0 aromatic rings. The van der Waals surface area contributed by atoms with Crippen molar-refractivity contribution >= 4 is 0 Å². The minimum atomic E-state index is 0.659. The zero-order valence-electron chi connectivity index (χ0n) is 12.8. The summed E-state index contributed by atoms with van der Waals surface area (Å²) in [7, 11) is 2.26. The lowest BCUT2D eigenvalue weighted by Crippen LogP contribution is -2.44. The summed E-state index contributed by atoms with van der Waals surface area (Å²) in [6.45, 7) is 12.8. The van der Waals surface area contributed by atoms with Crippen LogP contribution in [0.3, 0.4) is 0 Å². The number of hydrogen-bond donors (Lipinski definition) is 1. The van der Waals surface area contributed by atoms with E-state index in [-0.39, 0.29) is 0 Å². The molecule has 104 valence electrons. The van der Waals surface area contributed by atoms with Gasteiger partial charge in [-0.05, 0) is 38.9 Å². The summed E-state index contributed by atoms with van der Waals surface area (Å²) in [5.41, 5.74) is 0. The Hall–Kier alpha value is -0.0800. The highest BCUT2D eigenvalue weighted by molar-refractivity contribution is 4.75. The van der Waals surface area contributed by atoms with Gasteiger partial charge >= 0.3 is 0 Å². The van der Waals surface area contributed by atoms with Crippen molar-refractivity contribution in [3.63, 3.8) is 0 Å². The van der Waals surface area contributed by atoms with Crippen molar-refractivity contribution in [3.8, 4) is 0 Å². The van der Waals surface area contributed by atoms with E-state index in [2.05, 4.69) is 45.0 Å². The van der Waals surface area contributed by atoms with Gasteiger partial charge in [-0.2, -0.15) is 0 Å². The molecule has 0 aromatic heterocycles. The van der Waals surface area contributed by atoms with Crippen molar-refractivity contribution in [2.24, 2.45) is 5.92 Å². The predicted octanol–water partition coefficient (Wildman–Crippen LogP) is 3.52. The van der Waals surface area contributed by atoms with Gasteiger partial charge in [0.05, 0.1) is 0 Å². The van der Waals surface area contributed by atoms with Crippen LogP contribution in [-0.4, -0.2) is 37.6 Å². The highest BCUT2D eigenvalue weighted by Gasteiger charge is 2.16. The van der Waals surface area contributed by atoms with Crippen LogP contribution in [0.1, 0.15) is 59.8 Å². The fraction of sp³-hybridized carbons (Fsp3) is 1.00. The summed E-state index contributed by atoms with van der Waals surface area (Å²) in [4.78, 5) is 2.50. The molecule has 0 saturated carbocycles. The molecule has 2 unspecified atom stereocenters. The largest absolute Gasteiger partial charge is 0.312 e. The Labute approximate surface area is 109 Å². The number of likely N-dealkylation sites (N-methyl/N-ethyl adjacent to an activating group) is 1. The molecule has 0 fully saturated rings. The van der Waals surface area contributed by atoms with Crippen LogP contribution in [0.25, 0.3) is 0 Å². The van der Waals surface area contributed by atoms with E-state index in [4.69, 9.17) is 0 Å². The molecule has 0 saturated heterocycles. The monoisotopic (exact) mass is 242 g/mol. The minimum absolute atomic E-state index is 0.659. The maximum Gasteiger partial charge on any atom is 0.0220 e. The fourth-order valence-electron chi connectivity index (χ4n) is 2.12. The molecule has 2 nitrogen and oxygen atoms in total. The van der Waals surface area contributed by atoms with Gasteiger partial charge in [-0.25, -0.2) is 0 Å². The third kappa shape index (κ3) is 8.62. The van der Waals surface area contributed by atoms with E-state index < -0.39 is 0 Å². The molecule has 0 aromatic carbocycles. The topological polar surface area (TPSA) is 15.3 Å². The zero-order chi connectivity index (χ0) is 13.1. The van der Waals surface area contributed by atoms with Crippen LogP contribution in [0.5, 0.6) is 0 Å². The second-order valence-electron chi connectivity index (χ2n) is 5.42. The Morgan fingerprint density at radius 3 is 2.29 bits per heavy atom. The average molecular weight is 242 g/mol. The SMILES string of the molecule is CCCCCN(C)CC(NCCC)C(C)CC. The summed E-state index contributed by atoms with van der Waals surface area (Å²) >= 11 is 0. The van der Waals surface area contributed by atoms with Crippen LogP contribution >= 0.6 is 0 Å². The molecule has 1 N–H and O–H groups in total. The second-order valence-corrected chi connectivity index (χ2v) is 5.42. The lowest BCUT2D eigenvalue weighted by atomic mass is 9.98. The van der Waals surface area contributed by atoms with Gasteiger partial charge in [-0.1, -0.05) is 47.0 Å². The highest BCUT2D eigenvalue weighted by Crippen LogP contribution is 2.09. The Kier molecular flexibility index (Phi) is 11.0. The second kappa shape index (κ2) is 11.0.